The molecule has 0 radical (unpaired) electrons. The summed E-state index contributed by atoms with van der Waals surface area (Å²) in [6.07, 6.45) is 59.1. The molecule has 0 amide bonds. The first kappa shape index (κ1) is 57.1. The van der Waals surface area contributed by atoms with E-state index in [1.165, 1.54) is 122 Å². The molecule has 6 nitrogen and oxygen atoms in total. The van der Waals surface area contributed by atoms with Gasteiger partial charge in [-0.2, -0.15) is 0 Å². The van der Waals surface area contributed by atoms with Crippen LogP contribution in [0.4, 0.5) is 0 Å². The van der Waals surface area contributed by atoms with Crippen LogP contribution in [0.5, 0.6) is 0 Å². The molecule has 6 heteroatoms. The minimum Gasteiger partial charge on any atom is -0.462 e. The van der Waals surface area contributed by atoms with Crippen molar-refractivity contribution in [1.82, 2.24) is 0 Å². The lowest BCUT2D eigenvalue weighted by atomic mass is 10.1. The molecule has 60 heavy (non-hydrogen) atoms. The smallest absolute Gasteiger partial charge is 0.306 e. The van der Waals surface area contributed by atoms with E-state index in [1.54, 1.807) is 0 Å². The van der Waals surface area contributed by atoms with Crippen LogP contribution >= 0.6 is 0 Å². The summed E-state index contributed by atoms with van der Waals surface area (Å²) in [5.41, 5.74) is 0. The highest BCUT2D eigenvalue weighted by molar-refractivity contribution is 5.71. The van der Waals surface area contributed by atoms with Crippen molar-refractivity contribution >= 4 is 17.9 Å². The summed E-state index contributed by atoms with van der Waals surface area (Å²) in [6.45, 7) is 6.55. The van der Waals surface area contributed by atoms with Crippen LogP contribution in [0, 0.1) is 0 Å². The van der Waals surface area contributed by atoms with E-state index in [0.29, 0.717) is 19.3 Å². The highest BCUT2D eigenvalue weighted by atomic mass is 16.6. The largest absolute Gasteiger partial charge is 0.462 e. The molecule has 0 saturated carbocycles. The van der Waals surface area contributed by atoms with E-state index in [2.05, 4.69) is 81.5 Å². The normalized spacial score (nSPS) is 12.5. The summed E-state index contributed by atoms with van der Waals surface area (Å²) in [5.74, 6) is -0.910. The molecular weight excluding hydrogens is 745 g/mol. The molecule has 0 heterocycles. The molecule has 0 aromatic rings. The van der Waals surface area contributed by atoms with Crippen molar-refractivity contribution in [3.8, 4) is 0 Å². The van der Waals surface area contributed by atoms with Gasteiger partial charge in [-0.1, -0.05) is 216 Å². The number of ether oxygens (including phenoxy) is 3. The zero-order valence-electron chi connectivity index (χ0n) is 39.5. The van der Waals surface area contributed by atoms with Crippen LogP contribution in [0.1, 0.15) is 245 Å². The molecule has 0 bridgehead atoms. The predicted molar refractivity (Wildman–Crippen MR) is 256 cm³/mol. The highest BCUT2D eigenvalue weighted by Gasteiger charge is 2.19. The molecule has 1 unspecified atom stereocenters. The summed E-state index contributed by atoms with van der Waals surface area (Å²) in [6, 6.07) is 0. The average Bonchev–Trinajstić information content (AvgIpc) is 3.24. The third-order valence-corrected chi connectivity index (χ3v) is 10.8. The third kappa shape index (κ3) is 46.2. The fourth-order valence-electron chi connectivity index (χ4n) is 6.98. The number of carbonyl (C=O) groups excluding carboxylic acids is 3. The van der Waals surface area contributed by atoms with Crippen LogP contribution in [0.2, 0.25) is 0 Å². The quantitative estimate of drug-likeness (QED) is 0.0200. The fourth-order valence-corrected chi connectivity index (χ4v) is 6.98. The Hall–Kier alpha value is -2.89. The van der Waals surface area contributed by atoms with Gasteiger partial charge in [0.2, 0.25) is 0 Å². The monoisotopic (exact) mass is 839 g/mol. The average molecular weight is 839 g/mol. The minimum absolute atomic E-state index is 0.0825. The zero-order chi connectivity index (χ0) is 43.7. The summed E-state index contributed by atoms with van der Waals surface area (Å²) in [7, 11) is 0. The van der Waals surface area contributed by atoms with Gasteiger partial charge in [-0.05, 0) is 70.6 Å². The highest BCUT2D eigenvalue weighted by Crippen LogP contribution is 2.14. The van der Waals surface area contributed by atoms with Crippen molar-refractivity contribution in [1.29, 1.82) is 0 Å². The van der Waals surface area contributed by atoms with E-state index < -0.39 is 6.10 Å². The lowest BCUT2D eigenvalue weighted by Crippen LogP contribution is -2.30. The van der Waals surface area contributed by atoms with Gasteiger partial charge in [0.15, 0.2) is 6.10 Å². The molecule has 0 aromatic heterocycles. The van der Waals surface area contributed by atoms with Crippen LogP contribution in [0.15, 0.2) is 60.8 Å². The Labute approximate surface area is 370 Å². The molecule has 0 spiro atoms. The standard InChI is InChI=1S/C54H94O6/c1-4-7-10-13-16-19-21-23-25-26-27-29-30-32-35-38-41-44-47-53(56)59-50-51(49-58-52(55)46-43-40-37-34-18-15-12-9-6-3)60-54(57)48-45-42-39-36-33-31-28-24-22-20-17-14-11-8-5-2/h16,19-23,25-27,29,51H,4-15,17-18,24,28,30-50H2,1-3H3/b19-16-,22-20-,23-21-,26-25-,29-27-. The van der Waals surface area contributed by atoms with Crippen LogP contribution in [0.3, 0.4) is 0 Å². The Morgan fingerprint density at radius 2 is 0.617 bits per heavy atom. The second-order valence-electron chi connectivity index (χ2n) is 16.8. The van der Waals surface area contributed by atoms with Crippen molar-refractivity contribution in [2.24, 2.45) is 0 Å². The topological polar surface area (TPSA) is 78.9 Å². The SMILES string of the molecule is CCCCC\C=C/C=C\C=C/C=C\CCCCCCCC(=O)OCC(COC(=O)CCCCCCCCCCC)OC(=O)CCCCCCCCC/C=C\CCCCCC. The van der Waals surface area contributed by atoms with Crippen LogP contribution < -0.4 is 0 Å². The van der Waals surface area contributed by atoms with E-state index in [-0.39, 0.29) is 31.1 Å². The number of allylic oxidation sites excluding steroid dienone is 10. The van der Waals surface area contributed by atoms with Crippen LogP contribution in [-0.2, 0) is 28.6 Å². The first-order chi connectivity index (χ1) is 29.5. The van der Waals surface area contributed by atoms with Gasteiger partial charge in [0, 0.05) is 19.3 Å². The molecule has 0 saturated heterocycles. The van der Waals surface area contributed by atoms with Gasteiger partial charge >= 0.3 is 17.9 Å². The van der Waals surface area contributed by atoms with Gasteiger partial charge in [-0.15, -0.1) is 0 Å². The molecule has 0 rings (SSSR count). The fraction of sp³-hybridized carbons (Fsp3) is 0.759. The number of carbonyl (C=O) groups is 3. The molecule has 0 aromatic carbocycles. The van der Waals surface area contributed by atoms with Gasteiger partial charge < -0.3 is 14.2 Å². The predicted octanol–water partition coefficient (Wildman–Crippen LogP) is 16.5. The van der Waals surface area contributed by atoms with E-state index in [9.17, 15) is 14.4 Å². The minimum atomic E-state index is -0.782. The number of hydrogen-bond acceptors (Lipinski definition) is 6. The molecule has 0 fully saturated rings. The van der Waals surface area contributed by atoms with Crippen LogP contribution in [0.25, 0.3) is 0 Å². The number of esters is 3. The first-order valence-electron chi connectivity index (χ1n) is 25.3. The Morgan fingerprint density at radius 1 is 0.333 bits per heavy atom. The second-order valence-corrected chi connectivity index (χ2v) is 16.8. The lowest BCUT2D eigenvalue weighted by molar-refractivity contribution is -0.167. The maximum atomic E-state index is 12.8. The summed E-state index contributed by atoms with van der Waals surface area (Å²) < 4.78 is 16.7. The Balaban J connectivity index is 4.38. The molecular formula is C54H94O6. The van der Waals surface area contributed by atoms with Crippen molar-refractivity contribution in [3.05, 3.63) is 60.8 Å². The number of rotatable bonds is 45. The van der Waals surface area contributed by atoms with Crippen molar-refractivity contribution in [2.45, 2.75) is 252 Å². The van der Waals surface area contributed by atoms with Crippen LogP contribution in [-0.4, -0.2) is 37.2 Å². The van der Waals surface area contributed by atoms with Gasteiger partial charge in [0.25, 0.3) is 0 Å². The van der Waals surface area contributed by atoms with E-state index in [1.807, 2.05) is 0 Å². The summed E-state index contributed by atoms with van der Waals surface area (Å²) >= 11 is 0. The van der Waals surface area contributed by atoms with Gasteiger partial charge in [0.05, 0.1) is 0 Å². The Morgan fingerprint density at radius 3 is 1.03 bits per heavy atom. The third-order valence-electron chi connectivity index (χ3n) is 10.8. The second kappa shape index (κ2) is 48.8. The number of unbranched alkanes of at least 4 members (excludes halogenated alkanes) is 27. The zero-order valence-corrected chi connectivity index (χ0v) is 39.5. The molecule has 346 valence electrons. The van der Waals surface area contributed by atoms with E-state index in [0.717, 1.165) is 83.5 Å². The van der Waals surface area contributed by atoms with Gasteiger partial charge in [0.1, 0.15) is 13.2 Å². The molecule has 0 N–H and O–H groups in total. The van der Waals surface area contributed by atoms with Crippen molar-refractivity contribution < 1.29 is 28.6 Å². The van der Waals surface area contributed by atoms with Crippen molar-refractivity contribution in [2.75, 3.05) is 13.2 Å². The summed E-state index contributed by atoms with van der Waals surface area (Å²) in [4.78, 5) is 37.9. The maximum absolute atomic E-state index is 12.8. The van der Waals surface area contributed by atoms with Gasteiger partial charge in [-0.25, -0.2) is 0 Å². The van der Waals surface area contributed by atoms with E-state index in [4.69, 9.17) is 14.2 Å². The Kier molecular flexibility index (Phi) is 46.4. The lowest BCUT2D eigenvalue weighted by Gasteiger charge is -2.18. The number of hydrogen-bond donors (Lipinski definition) is 0. The Bertz CT molecular complexity index is 1100. The molecule has 0 aliphatic carbocycles. The first-order valence-corrected chi connectivity index (χ1v) is 25.3. The maximum Gasteiger partial charge on any atom is 0.306 e. The molecule has 0 aliphatic rings. The van der Waals surface area contributed by atoms with Gasteiger partial charge in [-0.3, -0.25) is 14.4 Å². The molecule has 0 aliphatic heterocycles. The van der Waals surface area contributed by atoms with Crippen molar-refractivity contribution in [3.63, 3.8) is 0 Å². The van der Waals surface area contributed by atoms with E-state index >= 15 is 0 Å². The summed E-state index contributed by atoms with van der Waals surface area (Å²) in [5, 5.41) is 0. The molecule has 1 atom stereocenters.